The molecule has 0 saturated heterocycles. The molecular weight excluding hydrogens is 286 g/mol. The number of nitrogens with zero attached hydrogens (tertiary/aromatic N) is 2. The largest absolute Gasteiger partial charge is 0.389 e. The van der Waals surface area contributed by atoms with Gasteiger partial charge < -0.3 is 10.7 Å². The van der Waals surface area contributed by atoms with Gasteiger partial charge in [0.25, 0.3) is 5.91 Å². The van der Waals surface area contributed by atoms with Crippen LogP contribution in [0.25, 0.3) is 11.0 Å². The molecule has 0 saturated carbocycles. The maximum atomic E-state index is 12.1. The number of H-pyrrole nitrogens is 1. The number of hydrogen-bond donors (Lipinski definition) is 3. The van der Waals surface area contributed by atoms with E-state index in [9.17, 15) is 4.79 Å². The minimum Gasteiger partial charge on any atom is -0.389 e. The highest BCUT2D eigenvalue weighted by Crippen LogP contribution is 2.13. The Morgan fingerprint density at radius 3 is 2.71 bits per heavy atom. The first-order valence-electron chi connectivity index (χ1n) is 6.15. The highest BCUT2D eigenvalue weighted by atomic mass is 32.1. The monoisotopic (exact) mass is 297 g/mol. The third-order valence-electron chi connectivity index (χ3n) is 2.90. The van der Waals surface area contributed by atoms with Crippen LogP contribution in [0.15, 0.2) is 42.6 Å². The molecule has 2 heterocycles. The van der Waals surface area contributed by atoms with E-state index in [2.05, 4.69) is 20.3 Å². The molecule has 3 rings (SSSR count). The third kappa shape index (κ3) is 2.72. The standard InChI is InChI=1S/C14H11N5OS/c15-12(21)8-5-6-11(16-7-8)13(20)19-14-17-9-3-1-2-4-10(9)18-14/h1-7H,(H2,15,21)(H2,17,18,19,20). The Labute approximate surface area is 125 Å². The number of thiocarbonyl (C=S) groups is 1. The van der Waals surface area contributed by atoms with E-state index in [1.165, 1.54) is 6.20 Å². The molecule has 7 heteroatoms. The van der Waals surface area contributed by atoms with Crippen molar-refractivity contribution in [1.29, 1.82) is 0 Å². The highest BCUT2D eigenvalue weighted by Gasteiger charge is 2.10. The fraction of sp³-hybridized carbons (Fsp3) is 0. The molecule has 0 spiro atoms. The number of aromatic nitrogens is 3. The van der Waals surface area contributed by atoms with Crippen molar-refractivity contribution in [2.75, 3.05) is 5.32 Å². The number of carbonyl (C=O) groups excluding carboxylic acids is 1. The number of fused-ring (bicyclic) bond motifs is 1. The van der Waals surface area contributed by atoms with Gasteiger partial charge in [-0.15, -0.1) is 0 Å². The molecule has 0 radical (unpaired) electrons. The van der Waals surface area contributed by atoms with Crippen molar-refractivity contribution in [2.24, 2.45) is 5.73 Å². The summed E-state index contributed by atoms with van der Waals surface area (Å²) in [5.74, 6) is 0.0185. The van der Waals surface area contributed by atoms with Crippen LogP contribution >= 0.6 is 12.2 Å². The lowest BCUT2D eigenvalue weighted by molar-refractivity contribution is 0.102. The van der Waals surface area contributed by atoms with E-state index in [-0.39, 0.29) is 16.6 Å². The van der Waals surface area contributed by atoms with Crippen LogP contribution in [0.2, 0.25) is 0 Å². The summed E-state index contributed by atoms with van der Waals surface area (Å²) in [4.78, 5) is 23.6. The molecule has 0 fully saturated rings. The van der Waals surface area contributed by atoms with Crippen LogP contribution < -0.4 is 11.1 Å². The van der Waals surface area contributed by atoms with Crippen LogP contribution in [0, 0.1) is 0 Å². The van der Waals surface area contributed by atoms with E-state index < -0.39 is 0 Å². The molecule has 21 heavy (non-hydrogen) atoms. The van der Waals surface area contributed by atoms with Gasteiger partial charge in [0.05, 0.1) is 11.0 Å². The molecule has 6 nitrogen and oxygen atoms in total. The molecule has 1 aromatic carbocycles. The number of benzene rings is 1. The van der Waals surface area contributed by atoms with Crippen LogP contribution in [0.5, 0.6) is 0 Å². The maximum absolute atomic E-state index is 12.1. The first-order valence-corrected chi connectivity index (χ1v) is 6.56. The summed E-state index contributed by atoms with van der Waals surface area (Å²) in [7, 11) is 0. The van der Waals surface area contributed by atoms with Gasteiger partial charge in [-0.3, -0.25) is 15.1 Å². The number of aromatic amines is 1. The van der Waals surface area contributed by atoms with E-state index in [0.29, 0.717) is 11.5 Å². The first-order chi connectivity index (χ1) is 10.1. The van der Waals surface area contributed by atoms with Crippen LogP contribution in [0.1, 0.15) is 16.1 Å². The molecular formula is C14H11N5OS. The Hall–Kier alpha value is -2.80. The Morgan fingerprint density at radius 2 is 2.05 bits per heavy atom. The zero-order valence-electron chi connectivity index (χ0n) is 10.8. The molecule has 0 aliphatic carbocycles. The smallest absolute Gasteiger partial charge is 0.276 e. The number of carbonyl (C=O) groups is 1. The summed E-state index contributed by atoms with van der Waals surface area (Å²) in [6.45, 7) is 0. The lowest BCUT2D eigenvalue weighted by Crippen LogP contribution is -2.16. The number of nitrogens with two attached hydrogens (primary N) is 1. The molecule has 0 unspecified atom stereocenters. The topological polar surface area (TPSA) is 96.7 Å². The van der Waals surface area contributed by atoms with Crippen molar-refractivity contribution in [1.82, 2.24) is 15.0 Å². The number of anilines is 1. The Morgan fingerprint density at radius 1 is 1.24 bits per heavy atom. The molecule has 0 aliphatic rings. The predicted octanol–water partition coefficient (Wildman–Crippen LogP) is 1.84. The SMILES string of the molecule is NC(=S)c1ccc(C(=O)Nc2nc3ccccc3[nH]2)nc1. The summed E-state index contributed by atoms with van der Waals surface area (Å²) >= 11 is 4.83. The van der Waals surface area contributed by atoms with Crippen molar-refractivity contribution in [3.05, 3.63) is 53.9 Å². The van der Waals surface area contributed by atoms with E-state index in [4.69, 9.17) is 18.0 Å². The predicted molar refractivity (Wildman–Crippen MR) is 84.2 cm³/mol. The average Bonchev–Trinajstić information content (AvgIpc) is 2.89. The number of pyridine rings is 1. The molecule has 1 amide bonds. The van der Waals surface area contributed by atoms with E-state index in [1.54, 1.807) is 12.1 Å². The fourth-order valence-corrected chi connectivity index (χ4v) is 1.98. The second-order valence-corrected chi connectivity index (χ2v) is 4.79. The minimum absolute atomic E-state index is 0.242. The number of amides is 1. The van der Waals surface area contributed by atoms with Crippen molar-refractivity contribution >= 4 is 40.1 Å². The molecule has 2 aromatic heterocycles. The molecule has 0 atom stereocenters. The second-order valence-electron chi connectivity index (χ2n) is 4.35. The zero-order valence-corrected chi connectivity index (χ0v) is 11.6. The average molecular weight is 297 g/mol. The number of para-hydroxylation sites is 2. The lowest BCUT2D eigenvalue weighted by Gasteiger charge is -2.02. The zero-order chi connectivity index (χ0) is 14.8. The number of hydrogen-bond acceptors (Lipinski definition) is 4. The van der Waals surface area contributed by atoms with E-state index in [0.717, 1.165) is 11.0 Å². The Bertz CT molecular complexity index is 792. The number of rotatable bonds is 3. The van der Waals surface area contributed by atoms with Gasteiger partial charge in [0.15, 0.2) is 0 Å². The van der Waals surface area contributed by atoms with Crippen molar-refractivity contribution in [3.8, 4) is 0 Å². The normalized spacial score (nSPS) is 10.5. The van der Waals surface area contributed by atoms with Crippen molar-refractivity contribution in [2.45, 2.75) is 0 Å². The van der Waals surface area contributed by atoms with Gasteiger partial charge in [-0.2, -0.15) is 0 Å². The summed E-state index contributed by atoms with van der Waals surface area (Å²) in [5, 5.41) is 2.66. The summed E-state index contributed by atoms with van der Waals surface area (Å²) in [5.41, 5.74) is 7.99. The fourth-order valence-electron chi connectivity index (χ4n) is 1.86. The number of imidazole rings is 1. The van der Waals surface area contributed by atoms with Crippen LogP contribution in [0.4, 0.5) is 5.95 Å². The van der Waals surface area contributed by atoms with E-state index in [1.807, 2.05) is 24.3 Å². The first kappa shape index (κ1) is 13.2. The third-order valence-corrected chi connectivity index (χ3v) is 3.14. The highest BCUT2D eigenvalue weighted by molar-refractivity contribution is 7.80. The van der Waals surface area contributed by atoms with Gasteiger partial charge in [-0.1, -0.05) is 24.4 Å². The van der Waals surface area contributed by atoms with Gasteiger partial charge in [0.2, 0.25) is 5.95 Å². The van der Waals surface area contributed by atoms with Crippen LogP contribution in [-0.4, -0.2) is 25.8 Å². The Balaban J connectivity index is 1.80. The second kappa shape index (κ2) is 5.29. The molecule has 3 aromatic rings. The maximum Gasteiger partial charge on any atom is 0.276 e. The summed E-state index contributed by atoms with van der Waals surface area (Å²) in [6, 6.07) is 10.7. The van der Waals surface area contributed by atoms with Crippen LogP contribution in [-0.2, 0) is 0 Å². The Kier molecular flexibility index (Phi) is 3.33. The van der Waals surface area contributed by atoms with Crippen molar-refractivity contribution in [3.63, 3.8) is 0 Å². The van der Waals surface area contributed by atoms with Crippen LogP contribution in [0.3, 0.4) is 0 Å². The van der Waals surface area contributed by atoms with Gasteiger partial charge in [-0.25, -0.2) is 4.98 Å². The quantitative estimate of drug-likeness (QED) is 0.641. The minimum atomic E-state index is -0.358. The van der Waals surface area contributed by atoms with Gasteiger partial charge in [0, 0.05) is 11.8 Å². The molecule has 4 N–H and O–H groups in total. The summed E-state index contributed by atoms with van der Waals surface area (Å²) < 4.78 is 0. The molecule has 104 valence electrons. The van der Waals surface area contributed by atoms with Gasteiger partial charge in [0.1, 0.15) is 10.7 Å². The molecule has 0 bridgehead atoms. The van der Waals surface area contributed by atoms with Gasteiger partial charge in [-0.05, 0) is 24.3 Å². The lowest BCUT2D eigenvalue weighted by atomic mass is 10.2. The summed E-state index contributed by atoms with van der Waals surface area (Å²) in [6.07, 6.45) is 1.47. The van der Waals surface area contributed by atoms with Gasteiger partial charge >= 0.3 is 0 Å². The van der Waals surface area contributed by atoms with E-state index >= 15 is 0 Å². The number of nitrogens with one attached hydrogen (secondary N) is 2. The molecule has 0 aliphatic heterocycles. The van der Waals surface area contributed by atoms with Crippen molar-refractivity contribution < 1.29 is 4.79 Å².